The molecule has 10 heteroatoms. The van der Waals surface area contributed by atoms with Crippen LogP contribution in [0.4, 0.5) is 10.3 Å². The average molecular weight is 344 g/mol. The Morgan fingerprint density at radius 2 is 2.09 bits per heavy atom. The van der Waals surface area contributed by atoms with Gasteiger partial charge in [-0.1, -0.05) is 11.6 Å². The van der Waals surface area contributed by atoms with Crippen LogP contribution >= 0.6 is 11.6 Å². The van der Waals surface area contributed by atoms with E-state index in [9.17, 15) is 12.8 Å². The van der Waals surface area contributed by atoms with E-state index >= 15 is 0 Å². The zero-order chi connectivity index (χ0) is 15.7. The highest BCUT2D eigenvalue weighted by molar-refractivity contribution is 7.92. The van der Waals surface area contributed by atoms with E-state index in [1.807, 2.05) is 0 Å². The lowest BCUT2D eigenvalue weighted by molar-refractivity contribution is 0.432. The van der Waals surface area contributed by atoms with E-state index in [-0.39, 0.29) is 21.8 Å². The fourth-order valence-corrected chi connectivity index (χ4v) is 3.10. The molecular weight excluding hydrogens is 337 g/mol. The number of halogens is 2. The minimum Gasteiger partial charge on any atom is -0.472 e. The molecule has 114 valence electrons. The van der Waals surface area contributed by atoms with Crippen molar-refractivity contribution in [1.82, 2.24) is 10.1 Å². The zero-order valence-electron chi connectivity index (χ0n) is 10.7. The molecular formula is C12H7ClFN3O4S. The molecule has 0 aliphatic rings. The Labute approximate surface area is 128 Å². The van der Waals surface area contributed by atoms with Gasteiger partial charge in [0.05, 0.1) is 16.8 Å². The van der Waals surface area contributed by atoms with Crippen molar-refractivity contribution >= 4 is 27.6 Å². The Morgan fingerprint density at radius 3 is 2.77 bits per heavy atom. The van der Waals surface area contributed by atoms with E-state index < -0.39 is 15.8 Å². The van der Waals surface area contributed by atoms with Gasteiger partial charge < -0.3 is 8.94 Å². The van der Waals surface area contributed by atoms with Crippen LogP contribution in [0.5, 0.6) is 0 Å². The van der Waals surface area contributed by atoms with Crippen LogP contribution < -0.4 is 4.72 Å². The SMILES string of the molecule is O=S(=O)(Nc1noc(-c2ccoc2)n1)c1ccc(F)cc1Cl. The average Bonchev–Trinajstić information content (AvgIpc) is 3.07. The molecule has 3 aromatic rings. The molecule has 0 amide bonds. The van der Waals surface area contributed by atoms with Crippen molar-refractivity contribution in [1.29, 1.82) is 0 Å². The quantitative estimate of drug-likeness (QED) is 0.782. The van der Waals surface area contributed by atoms with E-state index in [1.54, 1.807) is 6.07 Å². The van der Waals surface area contributed by atoms with Gasteiger partial charge in [-0.25, -0.2) is 17.5 Å². The first-order valence-corrected chi connectivity index (χ1v) is 7.66. The fraction of sp³-hybridized carbons (Fsp3) is 0. The van der Waals surface area contributed by atoms with Crippen LogP contribution in [-0.4, -0.2) is 18.6 Å². The lowest BCUT2D eigenvalue weighted by atomic mass is 10.3. The maximum Gasteiger partial charge on any atom is 0.277 e. The van der Waals surface area contributed by atoms with Gasteiger partial charge >= 0.3 is 0 Å². The number of sulfonamides is 1. The van der Waals surface area contributed by atoms with Gasteiger partial charge in [0, 0.05) is 0 Å². The van der Waals surface area contributed by atoms with Crippen LogP contribution in [0.2, 0.25) is 5.02 Å². The summed E-state index contributed by atoms with van der Waals surface area (Å²) in [6.45, 7) is 0. The lowest BCUT2D eigenvalue weighted by Gasteiger charge is -2.05. The molecule has 1 aromatic carbocycles. The Bertz CT molecular complexity index is 908. The van der Waals surface area contributed by atoms with Gasteiger partial charge in [0.2, 0.25) is 0 Å². The topological polar surface area (TPSA) is 98.2 Å². The van der Waals surface area contributed by atoms with Gasteiger partial charge in [-0.3, -0.25) is 0 Å². The third-order valence-electron chi connectivity index (χ3n) is 2.60. The zero-order valence-corrected chi connectivity index (χ0v) is 12.2. The molecule has 0 aliphatic carbocycles. The summed E-state index contributed by atoms with van der Waals surface area (Å²) < 4.78 is 49.2. The molecule has 2 aromatic heterocycles. The van der Waals surface area contributed by atoms with Crippen molar-refractivity contribution in [2.75, 3.05) is 4.72 Å². The number of benzene rings is 1. The number of nitrogens with one attached hydrogen (secondary N) is 1. The molecule has 0 spiro atoms. The monoisotopic (exact) mass is 343 g/mol. The molecule has 1 N–H and O–H groups in total. The number of aromatic nitrogens is 2. The largest absolute Gasteiger partial charge is 0.472 e. The van der Waals surface area contributed by atoms with Crippen LogP contribution in [-0.2, 0) is 10.0 Å². The summed E-state index contributed by atoms with van der Waals surface area (Å²) in [5.41, 5.74) is 0.498. The van der Waals surface area contributed by atoms with Gasteiger partial charge in [0.25, 0.3) is 21.9 Å². The molecule has 0 saturated carbocycles. The van der Waals surface area contributed by atoms with Crippen LogP contribution in [0.15, 0.2) is 50.6 Å². The van der Waals surface area contributed by atoms with Crippen molar-refractivity contribution in [3.05, 3.63) is 47.6 Å². The third-order valence-corrected chi connectivity index (χ3v) is 4.41. The minimum absolute atomic E-state index is 0.0802. The van der Waals surface area contributed by atoms with Crippen molar-refractivity contribution in [3.8, 4) is 11.5 Å². The molecule has 0 fully saturated rings. The molecule has 2 heterocycles. The summed E-state index contributed by atoms with van der Waals surface area (Å²) >= 11 is 5.73. The predicted molar refractivity (Wildman–Crippen MR) is 74.2 cm³/mol. The number of anilines is 1. The van der Waals surface area contributed by atoms with Crippen molar-refractivity contribution in [3.63, 3.8) is 0 Å². The first kappa shape index (κ1) is 14.5. The van der Waals surface area contributed by atoms with Gasteiger partial charge in [-0.15, -0.1) is 0 Å². The lowest BCUT2D eigenvalue weighted by Crippen LogP contribution is -2.14. The smallest absolute Gasteiger partial charge is 0.277 e. The number of hydrogen-bond acceptors (Lipinski definition) is 6. The second kappa shape index (κ2) is 5.43. The van der Waals surface area contributed by atoms with Gasteiger partial charge in [-0.2, -0.15) is 4.98 Å². The first-order chi connectivity index (χ1) is 10.5. The van der Waals surface area contributed by atoms with Crippen LogP contribution in [0.3, 0.4) is 0 Å². The summed E-state index contributed by atoms with van der Waals surface area (Å²) in [5.74, 6) is -0.848. The van der Waals surface area contributed by atoms with Crippen molar-refractivity contribution in [2.24, 2.45) is 0 Å². The van der Waals surface area contributed by atoms with Gasteiger partial charge in [0.15, 0.2) is 0 Å². The molecule has 0 aliphatic heterocycles. The summed E-state index contributed by atoms with van der Waals surface area (Å²) in [7, 11) is -4.07. The van der Waals surface area contributed by atoms with Crippen LogP contribution in [0.25, 0.3) is 11.5 Å². The van der Waals surface area contributed by atoms with Crippen molar-refractivity contribution < 1.29 is 21.7 Å². The highest BCUT2D eigenvalue weighted by Crippen LogP contribution is 2.25. The predicted octanol–water partition coefficient (Wildman–Crippen LogP) is 2.92. The highest BCUT2D eigenvalue weighted by Gasteiger charge is 2.21. The van der Waals surface area contributed by atoms with Gasteiger partial charge in [0.1, 0.15) is 17.0 Å². The Balaban J connectivity index is 1.89. The first-order valence-electron chi connectivity index (χ1n) is 5.80. The third kappa shape index (κ3) is 2.81. The van der Waals surface area contributed by atoms with Crippen LogP contribution in [0, 0.1) is 5.82 Å². The number of rotatable bonds is 4. The summed E-state index contributed by atoms with van der Waals surface area (Å²) in [6, 6.07) is 4.48. The molecule has 0 atom stereocenters. The normalized spacial score (nSPS) is 11.5. The fourth-order valence-electron chi connectivity index (χ4n) is 1.64. The van der Waals surface area contributed by atoms with E-state index in [4.69, 9.17) is 20.5 Å². The molecule has 0 unspecified atom stereocenters. The minimum atomic E-state index is -4.07. The van der Waals surface area contributed by atoms with Crippen molar-refractivity contribution in [2.45, 2.75) is 4.90 Å². The molecule has 3 rings (SSSR count). The highest BCUT2D eigenvalue weighted by atomic mass is 35.5. The standard InChI is InChI=1S/C12H7ClFN3O4S/c13-9-5-8(14)1-2-10(9)22(18,19)17-12-15-11(21-16-12)7-3-4-20-6-7/h1-6H,(H,16,17). The second-order valence-corrected chi connectivity index (χ2v) is 6.17. The molecule has 0 radical (unpaired) electrons. The molecule has 0 saturated heterocycles. The van der Waals surface area contributed by atoms with E-state index in [2.05, 4.69) is 14.9 Å². The molecule has 7 nitrogen and oxygen atoms in total. The van der Waals surface area contributed by atoms with Crippen LogP contribution in [0.1, 0.15) is 0 Å². The Hall–Kier alpha value is -2.39. The summed E-state index contributed by atoms with van der Waals surface area (Å²) in [6.07, 6.45) is 2.77. The Morgan fingerprint density at radius 1 is 1.27 bits per heavy atom. The van der Waals surface area contributed by atoms with Gasteiger partial charge in [-0.05, 0) is 29.4 Å². The maximum atomic E-state index is 13.0. The summed E-state index contributed by atoms with van der Waals surface area (Å²) in [5, 5.41) is 3.24. The second-order valence-electron chi connectivity index (χ2n) is 4.12. The number of furan rings is 1. The number of hydrogen-bond donors (Lipinski definition) is 1. The molecule has 0 bridgehead atoms. The van der Waals surface area contributed by atoms with E-state index in [1.165, 1.54) is 12.5 Å². The summed E-state index contributed by atoms with van der Waals surface area (Å²) in [4.78, 5) is 3.56. The number of nitrogens with zero attached hydrogens (tertiary/aromatic N) is 2. The van der Waals surface area contributed by atoms with E-state index in [0.717, 1.165) is 18.2 Å². The Kier molecular flexibility index (Phi) is 3.59. The molecule has 22 heavy (non-hydrogen) atoms. The maximum absolute atomic E-state index is 13.0. The van der Waals surface area contributed by atoms with E-state index in [0.29, 0.717) is 5.56 Å².